The van der Waals surface area contributed by atoms with Gasteiger partial charge >= 0.3 is 5.97 Å². The van der Waals surface area contributed by atoms with Gasteiger partial charge in [-0.25, -0.2) is 4.79 Å². The topological polar surface area (TPSA) is 59.0 Å². The summed E-state index contributed by atoms with van der Waals surface area (Å²) in [4.78, 5) is 13.0. The molecule has 0 aromatic rings. The van der Waals surface area contributed by atoms with Crippen molar-refractivity contribution in [2.24, 2.45) is 0 Å². The van der Waals surface area contributed by atoms with Gasteiger partial charge < -0.3 is 19.5 Å². The molecule has 2 rings (SSSR count). The molecule has 1 aliphatic heterocycles. The average molecular weight is 271 g/mol. The van der Waals surface area contributed by atoms with Crippen molar-refractivity contribution in [1.29, 1.82) is 0 Å². The molecule has 0 amide bonds. The van der Waals surface area contributed by atoms with Crippen LogP contribution in [-0.2, 0) is 14.3 Å². The van der Waals surface area contributed by atoms with Crippen LogP contribution in [0.4, 0.5) is 0 Å². The number of rotatable bonds is 5. The maximum absolute atomic E-state index is 10.5. The highest BCUT2D eigenvalue weighted by Gasteiger charge is 2.29. The Balaban J connectivity index is 1.72. The molecular formula is C14H25NO4. The number of piperidine rings is 1. The number of carboxylic acid groups (broad SMARTS) is 1. The maximum Gasteiger partial charge on any atom is 0.329 e. The van der Waals surface area contributed by atoms with Gasteiger partial charge in [0.1, 0.15) is 6.61 Å². The minimum absolute atomic E-state index is 0.120. The summed E-state index contributed by atoms with van der Waals surface area (Å²) in [7, 11) is 1.80. The molecule has 5 nitrogen and oxygen atoms in total. The first-order chi connectivity index (χ1) is 9.19. The van der Waals surface area contributed by atoms with Crippen LogP contribution < -0.4 is 0 Å². The highest BCUT2D eigenvalue weighted by atomic mass is 16.5. The number of aliphatic carboxylic acids is 1. The van der Waals surface area contributed by atoms with Crippen LogP contribution in [0.3, 0.4) is 0 Å². The summed E-state index contributed by atoms with van der Waals surface area (Å²) in [5.74, 6) is -0.877. The fourth-order valence-corrected chi connectivity index (χ4v) is 3.26. The van der Waals surface area contributed by atoms with E-state index in [0.717, 1.165) is 32.4 Å². The van der Waals surface area contributed by atoms with Gasteiger partial charge in [-0.15, -0.1) is 0 Å². The van der Waals surface area contributed by atoms with Crippen molar-refractivity contribution in [1.82, 2.24) is 4.90 Å². The summed E-state index contributed by atoms with van der Waals surface area (Å²) < 4.78 is 10.9. The number of methoxy groups -OCH3 is 1. The zero-order chi connectivity index (χ0) is 13.7. The Bertz CT molecular complexity index is 289. The van der Waals surface area contributed by atoms with E-state index in [1.165, 1.54) is 19.3 Å². The van der Waals surface area contributed by atoms with Crippen LogP contribution in [-0.4, -0.2) is 61.0 Å². The largest absolute Gasteiger partial charge is 0.480 e. The molecule has 1 heterocycles. The lowest BCUT2D eigenvalue weighted by molar-refractivity contribution is -0.145. The Labute approximate surface area is 114 Å². The first kappa shape index (κ1) is 14.8. The van der Waals surface area contributed by atoms with Crippen molar-refractivity contribution in [2.45, 2.75) is 56.8 Å². The molecule has 2 aliphatic rings. The Kier molecular flexibility index (Phi) is 5.60. The number of carbonyl (C=O) groups is 1. The predicted octanol–water partition coefficient (Wildman–Crippen LogP) is 1.51. The third-order valence-electron chi connectivity index (χ3n) is 4.37. The van der Waals surface area contributed by atoms with Crippen molar-refractivity contribution in [3.8, 4) is 0 Å². The molecule has 19 heavy (non-hydrogen) atoms. The molecule has 0 bridgehead atoms. The quantitative estimate of drug-likeness (QED) is 0.821. The van der Waals surface area contributed by atoms with E-state index in [2.05, 4.69) is 4.90 Å². The number of ether oxygens (including phenoxy) is 2. The second-order valence-electron chi connectivity index (χ2n) is 5.62. The van der Waals surface area contributed by atoms with Gasteiger partial charge in [0.05, 0.1) is 12.2 Å². The van der Waals surface area contributed by atoms with Crippen LogP contribution in [0.25, 0.3) is 0 Å². The van der Waals surface area contributed by atoms with E-state index in [1.807, 2.05) is 0 Å². The molecule has 110 valence electrons. The lowest BCUT2D eigenvalue weighted by atomic mass is 9.90. The minimum atomic E-state index is -0.877. The highest BCUT2D eigenvalue weighted by Crippen LogP contribution is 2.27. The Morgan fingerprint density at radius 2 is 1.95 bits per heavy atom. The fourth-order valence-electron chi connectivity index (χ4n) is 3.26. The summed E-state index contributed by atoms with van der Waals surface area (Å²) in [6.45, 7) is 1.87. The van der Waals surface area contributed by atoms with E-state index < -0.39 is 5.97 Å². The fraction of sp³-hybridized carbons (Fsp3) is 0.929. The molecule has 1 aliphatic carbocycles. The van der Waals surface area contributed by atoms with Crippen LogP contribution in [0.15, 0.2) is 0 Å². The standard InChI is InChI=1S/C14H25NO4/c1-18-13-4-2-3-11(9-13)15-7-5-12(6-8-15)19-10-14(16)17/h11-13H,2-10H2,1H3,(H,16,17). The molecule has 2 atom stereocenters. The van der Waals surface area contributed by atoms with Crippen LogP contribution in [0.1, 0.15) is 38.5 Å². The molecular weight excluding hydrogens is 246 g/mol. The second kappa shape index (κ2) is 7.22. The SMILES string of the molecule is COC1CCCC(N2CCC(OCC(=O)O)CC2)C1. The number of carboxylic acids is 1. The van der Waals surface area contributed by atoms with Crippen LogP contribution in [0.2, 0.25) is 0 Å². The van der Waals surface area contributed by atoms with Gasteiger partial charge in [0.2, 0.25) is 0 Å². The molecule has 0 spiro atoms. The van der Waals surface area contributed by atoms with Crippen molar-refractivity contribution >= 4 is 5.97 Å². The second-order valence-corrected chi connectivity index (χ2v) is 5.62. The Morgan fingerprint density at radius 3 is 2.58 bits per heavy atom. The van der Waals surface area contributed by atoms with E-state index in [1.54, 1.807) is 7.11 Å². The molecule has 5 heteroatoms. The summed E-state index contributed by atoms with van der Waals surface area (Å²) in [6, 6.07) is 0.638. The minimum Gasteiger partial charge on any atom is -0.480 e. The summed E-state index contributed by atoms with van der Waals surface area (Å²) in [6.07, 6.45) is 7.26. The maximum atomic E-state index is 10.5. The molecule has 0 radical (unpaired) electrons. The van der Waals surface area contributed by atoms with Crippen LogP contribution in [0.5, 0.6) is 0 Å². The number of nitrogens with zero attached hydrogens (tertiary/aromatic N) is 1. The normalized spacial score (nSPS) is 30.4. The zero-order valence-corrected chi connectivity index (χ0v) is 11.7. The number of hydrogen-bond acceptors (Lipinski definition) is 4. The monoisotopic (exact) mass is 271 g/mol. The smallest absolute Gasteiger partial charge is 0.329 e. The van der Waals surface area contributed by atoms with Gasteiger partial charge in [-0.1, -0.05) is 0 Å². The summed E-state index contributed by atoms with van der Waals surface area (Å²) in [5.41, 5.74) is 0. The van der Waals surface area contributed by atoms with Crippen molar-refractivity contribution in [3.05, 3.63) is 0 Å². The van der Waals surface area contributed by atoms with Gasteiger partial charge in [-0.3, -0.25) is 0 Å². The summed E-state index contributed by atoms with van der Waals surface area (Å²) >= 11 is 0. The van der Waals surface area contributed by atoms with Crippen molar-refractivity contribution < 1.29 is 19.4 Å². The average Bonchev–Trinajstić information content (AvgIpc) is 2.45. The third-order valence-corrected chi connectivity index (χ3v) is 4.37. The number of hydrogen-bond donors (Lipinski definition) is 1. The zero-order valence-electron chi connectivity index (χ0n) is 11.7. The van der Waals surface area contributed by atoms with E-state index >= 15 is 0 Å². The van der Waals surface area contributed by atoms with Gasteiger partial charge in [-0.05, 0) is 38.5 Å². The van der Waals surface area contributed by atoms with E-state index in [-0.39, 0.29) is 12.7 Å². The third kappa shape index (κ3) is 4.44. The lowest BCUT2D eigenvalue weighted by Crippen LogP contribution is -2.46. The van der Waals surface area contributed by atoms with Gasteiger partial charge in [0, 0.05) is 26.2 Å². The van der Waals surface area contributed by atoms with E-state index in [9.17, 15) is 4.79 Å². The van der Waals surface area contributed by atoms with Crippen molar-refractivity contribution in [2.75, 3.05) is 26.8 Å². The molecule has 2 unspecified atom stereocenters. The molecule has 1 N–H and O–H groups in total. The molecule has 1 saturated heterocycles. The predicted molar refractivity (Wildman–Crippen MR) is 71.2 cm³/mol. The Hall–Kier alpha value is -0.650. The van der Waals surface area contributed by atoms with E-state index in [4.69, 9.17) is 14.6 Å². The lowest BCUT2D eigenvalue weighted by Gasteiger charge is -2.40. The Morgan fingerprint density at radius 1 is 1.21 bits per heavy atom. The molecule has 1 saturated carbocycles. The molecule has 0 aromatic heterocycles. The van der Waals surface area contributed by atoms with E-state index in [0.29, 0.717) is 12.1 Å². The van der Waals surface area contributed by atoms with Crippen molar-refractivity contribution in [3.63, 3.8) is 0 Å². The van der Waals surface area contributed by atoms with Gasteiger partial charge in [0.15, 0.2) is 0 Å². The van der Waals surface area contributed by atoms with Gasteiger partial charge in [0.25, 0.3) is 0 Å². The van der Waals surface area contributed by atoms with Gasteiger partial charge in [-0.2, -0.15) is 0 Å². The number of likely N-dealkylation sites (tertiary alicyclic amines) is 1. The first-order valence-electron chi connectivity index (χ1n) is 7.29. The molecule has 0 aromatic carbocycles. The molecule has 2 fully saturated rings. The first-order valence-corrected chi connectivity index (χ1v) is 7.29. The van der Waals surface area contributed by atoms with Crippen LogP contribution >= 0.6 is 0 Å². The highest BCUT2D eigenvalue weighted by molar-refractivity contribution is 5.68. The summed E-state index contributed by atoms with van der Waals surface area (Å²) in [5, 5.41) is 8.61. The van der Waals surface area contributed by atoms with Crippen LogP contribution in [0, 0.1) is 0 Å².